The summed E-state index contributed by atoms with van der Waals surface area (Å²) in [6.45, 7) is 2.63. The van der Waals surface area contributed by atoms with Gasteiger partial charge in [0.05, 0.1) is 0 Å². The van der Waals surface area contributed by atoms with Gasteiger partial charge in [-0.2, -0.15) is 0 Å². The van der Waals surface area contributed by atoms with Crippen LogP contribution in [-0.4, -0.2) is 11.0 Å². The quantitative estimate of drug-likeness (QED) is 0.734. The molecule has 1 aromatic rings. The Labute approximate surface area is 78.4 Å². The molecule has 3 nitrogen and oxygen atoms in total. The minimum atomic E-state index is 0.567. The summed E-state index contributed by atoms with van der Waals surface area (Å²) in [6, 6.07) is 2.76. The zero-order valence-corrected chi connectivity index (χ0v) is 7.88. The van der Waals surface area contributed by atoms with Crippen LogP contribution >= 0.6 is 0 Å². The van der Waals surface area contributed by atoms with Gasteiger partial charge >= 0.3 is 0 Å². The Kier molecular flexibility index (Phi) is 2.19. The molecule has 0 spiro atoms. The lowest BCUT2D eigenvalue weighted by atomic mass is 10.2. The smallest absolute Gasteiger partial charge is 0.129 e. The Morgan fingerprint density at radius 3 is 2.92 bits per heavy atom. The Morgan fingerprint density at radius 2 is 2.38 bits per heavy atom. The van der Waals surface area contributed by atoms with Gasteiger partial charge in [0.1, 0.15) is 5.82 Å². The number of hydrogen-bond acceptors (Lipinski definition) is 3. The molecule has 1 saturated carbocycles. The van der Waals surface area contributed by atoms with E-state index in [9.17, 15) is 0 Å². The van der Waals surface area contributed by atoms with Crippen molar-refractivity contribution in [2.24, 2.45) is 5.73 Å². The molecule has 3 heteroatoms. The lowest BCUT2D eigenvalue weighted by Gasteiger charge is -2.07. The van der Waals surface area contributed by atoms with Crippen LogP contribution in [0.2, 0.25) is 0 Å². The second-order valence-corrected chi connectivity index (χ2v) is 3.63. The third-order valence-electron chi connectivity index (χ3n) is 2.29. The maximum atomic E-state index is 5.52. The monoisotopic (exact) mass is 177 g/mol. The zero-order valence-electron chi connectivity index (χ0n) is 7.88. The van der Waals surface area contributed by atoms with Crippen LogP contribution in [0.25, 0.3) is 0 Å². The largest absolute Gasteiger partial charge is 0.367 e. The van der Waals surface area contributed by atoms with Crippen LogP contribution in [0.4, 0.5) is 5.82 Å². The second-order valence-electron chi connectivity index (χ2n) is 3.63. The van der Waals surface area contributed by atoms with Gasteiger partial charge in [0.15, 0.2) is 0 Å². The summed E-state index contributed by atoms with van der Waals surface area (Å²) >= 11 is 0. The summed E-state index contributed by atoms with van der Waals surface area (Å²) in [5.41, 5.74) is 7.81. The van der Waals surface area contributed by atoms with Crippen LogP contribution in [0, 0.1) is 6.92 Å². The van der Waals surface area contributed by atoms with Crippen molar-refractivity contribution in [3.63, 3.8) is 0 Å². The Bertz CT molecular complexity index is 305. The van der Waals surface area contributed by atoms with E-state index in [0.717, 1.165) is 11.4 Å². The SMILES string of the molecule is Cc1cc(CN)cnc1NC1CC1. The van der Waals surface area contributed by atoms with E-state index in [1.54, 1.807) is 0 Å². The first-order chi connectivity index (χ1) is 6.29. The fourth-order valence-electron chi connectivity index (χ4n) is 1.32. The van der Waals surface area contributed by atoms with Crippen LogP contribution in [0.3, 0.4) is 0 Å². The number of aromatic nitrogens is 1. The normalized spacial score (nSPS) is 15.8. The van der Waals surface area contributed by atoms with E-state index in [1.807, 2.05) is 6.20 Å². The topological polar surface area (TPSA) is 50.9 Å². The van der Waals surface area contributed by atoms with Crippen molar-refractivity contribution in [3.8, 4) is 0 Å². The molecule has 0 atom stereocenters. The maximum Gasteiger partial charge on any atom is 0.129 e. The van der Waals surface area contributed by atoms with Gasteiger partial charge in [-0.05, 0) is 37.0 Å². The standard InChI is InChI=1S/C10H15N3/c1-7-4-8(5-11)6-12-10(7)13-9-2-3-9/h4,6,9H,2-3,5,11H2,1H3,(H,12,13). The highest BCUT2D eigenvalue weighted by atomic mass is 15.0. The molecular formula is C10H15N3. The molecule has 13 heavy (non-hydrogen) atoms. The summed E-state index contributed by atoms with van der Waals surface area (Å²) in [4.78, 5) is 4.34. The molecule has 1 heterocycles. The highest BCUT2D eigenvalue weighted by Gasteiger charge is 2.21. The molecule has 70 valence electrons. The van der Waals surface area contributed by atoms with Gasteiger partial charge in [0.2, 0.25) is 0 Å². The highest BCUT2D eigenvalue weighted by Crippen LogP contribution is 2.25. The molecule has 1 fully saturated rings. The fraction of sp³-hybridized carbons (Fsp3) is 0.500. The van der Waals surface area contributed by atoms with E-state index >= 15 is 0 Å². The number of anilines is 1. The summed E-state index contributed by atoms with van der Waals surface area (Å²) < 4.78 is 0. The maximum absolute atomic E-state index is 5.52. The molecule has 0 radical (unpaired) electrons. The van der Waals surface area contributed by atoms with Gasteiger partial charge in [0, 0.05) is 18.8 Å². The molecule has 1 aliphatic carbocycles. The molecule has 0 unspecified atom stereocenters. The van der Waals surface area contributed by atoms with Crippen LogP contribution in [0.15, 0.2) is 12.3 Å². The van der Waals surface area contributed by atoms with Crippen LogP contribution in [0.1, 0.15) is 24.0 Å². The van der Waals surface area contributed by atoms with E-state index in [0.29, 0.717) is 12.6 Å². The van der Waals surface area contributed by atoms with E-state index in [4.69, 9.17) is 5.73 Å². The van der Waals surface area contributed by atoms with Gasteiger partial charge in [0.25, 0.3) is 0 Å². The minimum Gasteiger partial charge on any atom is -0.367 e. The number of nitrogens with zero attached hydrogens (tertiary/aromatic N) is 1. The average molecular weight is 177 g/mol. The number of pyridine rings is 1. The molecule has 1 aliphatic rings. The third kappa shape index (κ3) is 1.98. The van der Waals surface area contributed by atoms with Gasteiger partial charge in [-0.25, -0.2) is 4.98 Å². The third-order valence-corrected chi connectivity index (χ3v) is 2.29. The van der Waals surface area contributed by atoms with Crippen LogP contribution < -0.4 is 11.1 Å². The Hall–Kier alpha value is -1.09. The first-order valence-corrected chi connectivity index (χ1v) is 4.71. The number of aryl methyl sites for hydroxylation is 1. The molecule has 0 bridgehead atoms. The molecule has 0 aliphatic heterocycles. The van der Waals surface area contributed by atoms with Crippen molar-refractivity contribution >= 4 is 5.82 Å². The first-order valence-electron chi connectivity index (χ1n) is 4.71. The van der Waals surface area contributed by atoms with Crippen LogP contribution in [-0.2, 0) is 6.54 Å². The highest BCUT2D eigenvalue weighted by molar-refractivity contribution is 5.46. The van der Waals surface area contributed by atoms with Gasteiger partial charge in [-0.1, -0.05) is 0 Å². The fourth-order valence-corrected chi connectivity index (χ4v) is 1.32. The molecule has 0 saturated heterocycles. The lowest BCUT2D eigenvalue weighted by Crippen LogP contribution is -2.06. The number of nitrogens with two attached hydrogens (primary N) is 1. The second kappa shape index (κ2) is 3.34. The van der Waals surface area contributed by atoms with Crippen molar-refractivity contribution in [2.45, 2.75) is 32.4 Å². The number of rotatable bonds is 3. The molecule has 0 amide bonds. The van der Waals surface area contributed by atoms with E-state index in [1.165, 1.54) is 18.4 Å². The molecule has 1 aromatic heterocycles. The van der Waals surface area contributed by atoms with Crippen LogP contribution in [0.5, 0.6) is 0 Å². The van der Waals surface area contributed by atoms with Gasteiger partial charge in [-0.3, -0.25) is 0 Å². The number of nitrogens with one attached hydrogen (secondary N) is 1. The molecule has 3 N–H and O–H groups in total. The summed E-state index contributed by atoms with van der Waals surface area (Å²) in [5, 5.41) is 3.38. The van der Waals surface area contributed by atoms with Crippen molar-refractivity contribution in [1.82, 2.24) is 4.98 Å². The van der Waals surface area contributed by atoms with Crippen molar-refractivity contribution in [3.05, 3.63) is 23.4 Å². The zero-order chi connectivity index (χ0) is 9.26. The van der Waals surface area contributed by atoms with Crippen molar-refractivity contribution in [2.75, 3.05) is 5.32 Å². The Balaban J connectivity index is 2.15. The molecular weight excluding hydrogens is 162 g/mol. The summed E-state index contributed by atoms with van der Waals surface area (Å²) in [7, 11) is 0. The summed E-state index contributed by atoms with van der Waals surface area (Å²) in [6.07, 6.45) is 4.40. The van der Waals surface area contributed by atoms with E-state index < -0.39 is 0 Å². The van der Waals surface area contributed by atoms with Gasteiger partial charge in [-0.15, -0.1) is 0 Å². The van der Waals surface area contributed by atoms with Crippen molar-refractivity contribution < 1.29 is 0 Å². The average Bonchev–Trinajstić information content (AvgIpc) is 2.92. The molecule has 2 rings (SSSR count). The molecule has 0 aromatic carbocycles. The Morgan fingerprint density at radius 1 is 1.62 bits per heavy atom. The summed E-state index contributed by atoms with van der Waals surface area (Å²) in [5.74, 6) is 1.01. The lowest BCUT2D eigenvalue weighted by molar-refractivity contribution is 1.02. The number of hydrogen-bond donors (Lipinski definition) is 2. The predicted octanol–water partition coefficient (Wildman–Crippen LogP) is 1.42. The van der Waals surface area contributed by atoms with E-state index in [-0.39, 0.29) is 0 Å². The van der Waals surface area contributed by atoms with E-state index in [2.05, 4.69) is 23.3 Å². The van der Waals surface area contributed by atoms with Gasteiger partial charge < -0.3 is 11.1 Å². The predicted molar refractivity (Wildman–Crippen MR) is 53.5 cm³/mol. The minimum absolute atomic E-state index is 0.567. The van der Waals surface area contributed by atoms with Crippen molar-refractivity contribution in [1.29, 1.82) is 0 Å². The first kappa shape index (κ1) is 8.51.